The number of benzene rings is 2. The summed E-state index contributed by atoms with van der Waals surface area (Å²) < 4.78 is 6.96. The molecule has 0 bridgehead atoms. The number of aromatic nitrogens is 2. The molecule has 1 aliphatic rings. The van der Waals surface area contributed by atoms with E-state index in [4.69, 9.17) is 4.74 Å². The Kier molecular flexibility index (Phi) is 3.93. The van der Waals surface area contributed by atoms with Crippen molar-refractivity contribution in [3.05, 3.63) is 47.7 Å². The molecule has 6 nitrogen and oxygen atoms in total. The second-order valence-corrected chi connectivity index (χ2v) is 14.8. The average molecular weight is 432 g/mol. The first-order valence-corrected chi connectivity index (χ1v) is 13.3. The lowest BCUT2D eigenvalue weighted by molar-refractivity contribution is 0.0747. The fraction of sp³-hybridized carbons (Fsp3) is 0.292. The second-order valence-electron chi connectivity index (χ2n) is 9.70. The molecule has 0 radical (unpaired) electrons. The standard InChI is InChI=1S/C24H25N3O3Si/c1-24(2,3)31(5,6)27-22(28)18-15-11-13(30-4)12-25-20(15)21-17(19(18)23(27)29)14-9-7-8-10-16(14)26-21/h7-12,26H,1-6H3. The lowest BCUT2D eigenvalue weighted by atomic mass is 9.97. The monoisotopic (exact) mass is 431 g/mol. The predicted octanol–water partition coefficient (Wildman–Crippen LogP) is 5.48. The molecule has 0 saturated heterocycles. The van der Waals surface area contributed by atoms with E-state index in [2.05, 4.69) is 43.8 Å². The number of carbonyl (C=O) groups is 2. The molecule has 2 aromatic heterocycles. The number of hydrogen-bond acceptors (Lipinski definition) is 4. The smallest absolute Gasteiger partial charge is 0.254 e. The first-order chi connectivity index (χ1) is 14.6. The Hall–Kier alpha value is -3.19. The van der Waals surface area contributed by atoms with Crippen molar-refractivity contribution < 1.29 is 14.3 Å². The summed E-state index contributed by atoms with van der Waals surface area (Å²) in [6, 6.07) is 9.67. The highest BCUT2D eigenvalue weighted by molar-refractivity contribution is 6.83. The van der Waals surface area contributed by atoms with Crippen molar-refractivity contribution in [3.63, 3.8) is 0 Å². The molecular weight excluding hydrogens is 406 g/mol. The third-order valence-corrected chi connectivity index (χ3v) is 12.2. The van der Waals surface area contributed by atoms with Crippen LogP contribution >= 0.6 is 0 Å². The first kappa shape index (κ1) is 19.8. The van der Waals surface area contributed by atoms with Gasteiger partial charge in [0, 0.05) is 21.7 Å². The van der Waals surface area contributed by atoms with Crippen molar-refractivity contribution in [1.29, 1.82) is 0 Å². The van der Waals surface area contributed by atoms with Gasteiger partial charge in [-0.2, -0.15) is 0 Å². The quantitative estimate of drug-likeness (QED) is 0.337. The number of pyridine rings is 1. The van der Waals surface area contributed by atoms with Gasteiger partial charge in [-0.25, -0.2) is 0 Å². The molecule has 2 aromatic carbocycles. The highest BCUT2D eigenvalue weighted by atomic mass is 28.3. The topological polar surface area (TPSA) is 75.3 Å². The molecule has 0 unspecified atom stereocenters. The molecule has 4 aromatic rings. The predicted molar refractivity (Wildman–Crippen MR) is 125 cm³/mol. The van der Waals surface area contributed by atoms with Gasteiger partial charge in [0.2, 0.25) is 0 Å². The van der Waals surface area contributed by atoms with E-state index in [1.165, 1.54) is 0 Å². The highest BCUT2D eigenvalue weighted by Gasteiger charge is 2.52. The molecule has 0 saturated carbocycles. The Bertz CT molecular complexity index is 1430. The van der Waals surface area contributed by atoms with E-state index < -0.39 is 8.24 Å². The summed E-state index contributed by atoms with van der Waals surface area (Å²) in [6.07, 6.45) is 1.65. The number of para-hydroxylation sites is 1. The van der Waals surface area contributed by atoms with Crippen LogP contribution in [0.2, 0.25) is 18.1 Å². The maximum absolute atomic E-state index is 13.9. The summed E-state index contributed by atoms with van der Waals surface area (Å²) in [7, 11) is -0.898. The van der Waals surface area contributed by atoms with E-state index in [1.54, 1.807) is 17.9 Å². The van der Waals surface area contributed by atoms with Crippen LogP contribution in [0.25, 0.3) is 32.7 Å². The largest absolute Gasteiger partial charge is 0.495 e. The molecule has 31 heavy (non-hydrogen) atoms. The Labute approximate surface area is 181 Å². The number of aromatic amines is 1. The average Bonchev–Trinajstić information content (AvgIpc) is 3.22. The SMILES string of the molecule is COc1cnc2c(c1)c1c(c3c4ccccc4[nH]c23)C(=O)N([Si](C)(C)C(C)(C)C)C1=O. The molecule has 1 aliphatic heterocycles. The van der Waals surface area contributed by atoms with Crippen molar-refractivity contribution in [2.45, 2.75) is 38.9 Å². The summed E-state index contributed by atoms with van der Waals surface area (Å²) in [5.41, 5.74) is 3.27. The minimum Gasteiger partial charge on any atom is -0.495 e. The molecule has 5 rings (SSSR count). The molecule has 1 N–H and O–H groups in total. The summed E-state index contributed by atoms with van der Waals surface area (Å²) in [5.74, 6) is 0.126. The summed E-state index contributed by atoms with van der Waals surface area (Å²) in [4.78, 5) is 35.9. The van der Waals surface area contributed by atoms with Crippen molar-refractivity contribution >= 4 is 52.8 Å². The Morgan fingerprint density at radius 3 is 2.39 bits per heavy atom. The zero-order valence-corrected chi connectivity index (χ0v) is 19.6. The van der Waals surface area contributed by atoms with Crippen molar-refractivity contribution in [3.8, 4) is 5.75 Å². The number of carbonyl (C=O) groups excluding carboxylic acids is 2. The summed E-state index contributed by atoms with van der Waals surface area (Å²) in [5, 5.41) is 2.17. The molecule has 158 valence electrons. The van der Waals surface area contributed by atoms with E-state index in [0.29, 0.717) is 27.8 Å². The van der Waals surface area contributed by atoms with Crippen LogP contribution in [0.3, 0.4) is 0 Å². The van der Waals surface area contributed by atoms with Gasteiger partial charge in [0.25, 0.3) is 11.8 Å². The van der Waals surface area contributed by atoms with Crippen molar-refractivity contribution in [2.24, 2.45) is 0 Å². The zero-order valence-electron chi connectivity index (χ0n) is 18.6. The van der Waals surface area contributed by atoms with Gasteiger partial charge in [0.15, 0.2) is 8.24 Å². The minimum absolute atomic E-state index is 0.175. The third-order valence-electron chi connectivity index (χ3n) is 7.04. The number of fused-ring (bicyclic) bond motifs is 8. The lowest BCUT2D eigenvalue weighted by Gasteiger charge is -2.42. The van der Waals surface area contributed by atoms with Crippen LogP contribution in [0.15, 0.2) is 36.5 Å². The highest BCUT2D eigenvalue weighted by Crippen LogP contribution is 2.46. The van der Waals surface area contributed by atoms with Crippen molar-refractivity contribution in [2.75, 3.05) is 7.11 Å². The van der Waals surface area contributed by atoms with E-state index in [1.807, 2.05) is 30.3 Å². The van der Waals surface area contributed by atoms with Gasteiger partial charge >= 0.3 is 0 Å². The number of imide groups is 1. The number of amides is 2. The molecule has 3 heterocycles. The second kappa shape index (κ2) is 6.17. The number of ether oxygens (including phenoxy) is 1. The van der Waals surface area contributed by atoms with Gasteiger partial charge in [-0.05, 0) is 17.2 Å². The van der Waals surface area contributed by atoms with Gasteiger partial charge < -0.3 is 14.3 Å². The Morgan fingerprint density at radius 1 is 1.03 bits per heavy atom. The molecule has 0 atom stereocenters. The van der Waals surface area contributed by atoms with Crippen LogP contribution in [-0.4, -0.2) is 41.7 Å². The van der Waals surface area contributed by atoms with Crippen LogP contribution in [0.4, 0.5) is 0 Å². The fourth-order valence-electron chi connectivity index (χ4n) is 4.38. The number of nitrogens with one attached hydrogen (secondary N) is 1. The maximum Gasteiger partial charge on any atom is 0.254 e. The van der Waals surface area contributed by atoms with Crippen LogP contribution < -0.4 is 4.74 Å². The zero-order chi connectivity index (χ0) is 22.3. The molecule has 0 spiro atoms. The van der Waals surface area contributed by atoms with Gasteiger partial charge in [0.1, 0.15) is 5.75 Å². The molecule has 0 fully saturated rings. The van der Waals surface area contributed by atoms with Crippen LogP contribution in [0, 0.1) is 0 Å². The van der Waals surface area contributed by atoms with E-state index in [-0.39, 0.29) is 16.9 Å². The van der Waals surface area contributed by atoms with Crippen LogP contribution in [0.5, 0.6) is 5.75 Å². The summed E-state index contributed by atoms with van der Waals surface area (Å²) in [6.45, 7) is 10.5. The van der Waals surface area contributed by atoms with Gasteiger partial charge in [-0.15, -0.1) is 0 Å². The first-order valence-electron chi connectivity index (χ1n) is 10.4. The van der Waals surface area contributed by atoms with Gasteiger partial charge in [0.05, 0.1) is 35.5 Å². The number of methoxy groups -OCH3 is 1. The maximum atomic E-state index is 13.9. The molecular formula is C24H25N3O3Si. The van der Waals surface area contributed by atoms with Crippen LogP contribution in [-0.2, 0) is 0 Å². The van der Waals surface area contributed by atoms with Gasteiger partial charge in [-0.1, -0.05) is 52.1 Å². The summed E-state index contributed by atoms with van der Waals surface area (Å²) >= 11 is 0. The number of H-pyrrole nitrogens is 1. The molecule has 7 heteroatoms. The Morgan fingerprint density at radius 2 is 1.71 bits per heavy atom. The minimum atomic E-state index is -2.47. The number of nitrogens with zero attached hydrogens (tertiary/aromatic N) is 2. The van der Waals surface area contributed by atoms with Crippen molar-refractivity contribution in [1.82, 2.24) is 14.5 Å². The number of hydrogen-bond donors (Lipinski definition) is 1. The third kappa shape index (κ3) is 2.46. The van der Waals surface area contributed by atoms with E-state index in [0.717, 1.165) is 21.8 Å². The Balaban J connectivity index is 1.97. The van der Waals surface area contributed by atoms with Crippen LogP contribution in [0.1, 0.15) is 41.5 Å². The van der Waals surface area contributed by atoms with E-state index >= 15 is 0 Å². The lowest BCUT2D eigenvalue weighted by Crippen LogP contribution is -2.57. The molecule has 0 aliphatic carbocycles. The normalized spacial score (nSPS) is 14.8. The van der Waals surface area contributed by atoms with Gasteiger partial charge in [-0.3, -0.25) is 14.6 Å². The van der Waals surface area contributed by atoms with E-state index in [9.17, 15) is 9.59 Å². The molecule has 2 amide bonds. The number of rotatable bonds is 2. The fourth-order valence-corrected chi connectivity index (χ4v) is 6.29.